The quantitative estimate of drug-likeness (QED) is 0.176. The van der Waals surface area contributed by atoms with Gasteiger partial charge in [0.15, 0.2) is 6.61 Å². The SMILES string of the molecule is CCNc1ccc(-c2nc(COc3ccc(OCC(=O)O)c(C)c3)sc2-c2cccc(OC(F)(F)F)c2)cc1.CO. The number of hydrogen-bond acceptors (Lipinski definition) is 8. The molecule has 8 nitrogen and oxygen atoms in total. The average Bonchev–Trinajstić information content (AvgIpc) is 3.37. The van der Waals surface area contributed by atoms with Crippen LogP contribution in [0, 0.1) is 6.92 Å². The largest absolute Gasteiger partial charge is 0.573 e. The van der Waals surface area contributed by atoms with E-state index in [-0.39, 0.29) is 12.4 Å². The van der Waals surface area contributed by atoms with E-state index in [9.17, 15) is 18.0 Å². The fraction of sp³-hybridized carbons (Fsp3) is 0.241. The van der Waals surface area contributed by atoms with Crippen LogP contribution in [-0.2, 0) is 11.4 Å². The predicted molar refractivity (Wildman–Crippen MR) is 151 cm³/mol. The van der Waals surface area contributed by atoms with Crippen molar-refractivity contribution >= 4 is 23.0 Å². The highest BCUT2D eigenvalue weighted by molar-refractivity contribution is 7.15. The van der Waals surface area contributed by atoms with Gasteiger partial charge in [-0.3, -0.25) is 0 Å². The number of carboxylic acid groups (broad SMARTS) is 1. The molecule has 3 aromatic carbocycles. The second-order valence-electron chi connectivity index (χ2n) is 8.37. The first kappa shape index (κ1) is 31.2. The molecule has 0 atom stereocenters. The number of carbonyl (C=O) groups is 1. The van der Waals surface area contributed by atoms with Crippen molar-refractivity contribution in [1.82, 2.24) is 4.98 Å². The molecule has 0 aliphatic rings. The zero-order valence-electron chi connectivity index (χ0n) is 22.5. The highest BCUT2D eigenvalue weighted by Gasteiger charge is 2.31. The van der Waals surface area contributed by atoms with E-state index in [2.05, 4.69) is 10.1 Å². The van der Waals surface area contributed by atoms with E-state index in [1.54, 1.807) is 31.2 Å². The van der Waals surface area contributed by atoms with Crippen LogP contribution in [-0.4, -0.2) is 47.8 Å². The fourth-order valence-corrected chi connectivity index (χ4v) is 4.76. The van der Waals surface area contributed by atoms with E-state index in [1.807, 2.05) is 31.2 Å². The second-order valence-corrected chi connectivity index (χ2v) is 9.45. The molecule has 0 bridgehead atoms. The number of aliphatic carboxylic acids is 1. The average molecular weight is 591 g/mol. The third kappa shape index (κ3) is 9.12. The summed E-state index contributed by atoms with van der Waals surface area (Å²) in [6.45, 7) is 4.20. The zero-order chi connectivity index (χ0) is 30.0. The summed E-state index contributed by atoms with van der Waals surface area (Å²) < 4.78 is 53.8. The number of rotatable bonds is 11. The molecule has 1 aromatic heterocycles. The van der Waals surface area contributed by atoms with Crippen molar-refractivity contribution in [2.45, 2.75) is 26.8 Å². The number of halogens is 3. The van der Waals surface area contributed by atoms with Crippen LogP contribution in [0.2, 0.25) is 0 Å². The Labute approximate surface area is 239 Å². The lowest BCUT2D eigenvalue weighted by Crippen LogP contribution is -2.17. The standard InChI is InChI=1S/C28H25F3N2O5S.CH4O/c1-3-32-20-9-7-18(8-10-20)26-27(19-5-4-6-22(14-19)38-28(29,30)31)39-24(33-26)15-36-21-11-12-23(17(2)13-21)37-16-25(34)35;1-2/h4-14,32H,3,15-16H2,1-2H3,(H,34,35);2H,1H3. The van der Waals surface area contributed by atoms with Crippen LogP contribution in [0.15, 0.2) is 66.7 Å². The molecule has 12 heteroatoms. The normalized spacial score (nSPS) is 10.8. The number of hydrogen-bond donors (Lipinski definition) is 3. The van der Waals surface area contributed by atoms with Gasteiger partial charge in [0.1, 0.15) is 28.9 Å². The maximum Gasteiger partial charge on any atom is 0.573 e. The molecule has 0 aliphatic carbocycles. The van der Waals surface area contributed by atoms with Gasteiger partial charge in [0.2, 0.25) is 0 Å². The molecule has 41 heavy (non-hydrogen) atoms. The van der Waals surface area contributed by atoms with Crippen molar-refractivity contribution in [2.24, 2.45) is 0 Å². The van der Waals surface area contributed by atoms with Crippen molar-refractivity contribution in [1.29, 1.82) is 0 Å². The molecule has 0 aliphatic heterocycles. The number of thiazole rings is 1. The summed E-state index contributed by atoms with van der Waals surface area (Å²) in [7, 11) is 1.00. The van der Waals surface area contributed by atoms with Gasteiger partial charge in [-0.05, 0) is 67.4 Å². The number of anilines is 1. The van der Waals surface area contributed by atoms with Gasteiger partial charge in [-0.1, -0.05) is 24.3 Å². The maximum atomic E-state index is 12.8. The third-order valence-corrected chi connectivity index (χ3v) is 6.48. The Morgan fingerprint density at radius 2 is 1.71 bits per heavy atom. The smallest absolute Gasteiger partial charge is 0.486 e. The Kier molecular flexibility index (Phi) is 11.0. The zero-order valence-corrected chi connectivity index (χ0v) is 23.3. The first-order chi connectivity index (χ1) is 19.6. The molecule has 0 saturated heterocycles. The van der Waals surface area contributed by atoms with Gasteiger partial charge in [0.05, 0.1) is 10.6 Å². The summed E-state index contributed by atoms with van der Waals surface area (Å²) in [6, 6.07) is 18.4. The number of nitrogens with zero attached hydrogens (tertiary/aromatic N) is 1. The van der Waals surface area contributed by atoms with E-state index in [4.69, 9.17) is 24.7 Å². The molecule has 3 N–H and O–H groups in total. The summed E-state index contributed by atoms with van der Waals surface area (Å²) in [6.07, 6.45) is -4.80. The third-order valence-electron chi connectivity index (χ3n) is 5.40. The van der Waals surface area contributed by atoms with Gasteiger partial charge in [-0.15, -0.1) is 24.5 Å². The van der Waals surface area contributed by atoms with Crippen LogP contribution in [0.3, 0.4) is 0 Å². The second kappa shape index (κ2) is 14.4. The van der Waals surface area contributed by atoms with E-state index in [0.717, 1.165) is 24.9 Å². The molecular weight excluding hydrogens is 561 g/mol. The van der Waals surface area contributed by atoms with Crippen molar-refractivity contribution in [3.05, 3.63) is 77.3 Å². The minimum absolute atomic E-state index is 0.112. The predicted octanol–water partition coefficient (Wildman–Crippen LogP) is 6.77. The van der Waals surface area contributed by atoms with Crippen LogP contribution < -0.4 is 19.5 Å². The van der Waals surface area contributed by atoms with Crippen LogP contribution in [0.5, 0.6) is 17.2 Å². The number of nitrogens with one attached hydrogen (secondary N) is 1. The number of ether oxygens (including phenoxy) is 3. The number of carboxylic acids is 1. The Morgan fingerprint density at radius 3 is 2.34 bits per heavy atom. The van der Waals surface area contributed by atoms with Gasteiger partial charge >= 0.3 is 12.3 Å². The Balaban J connectivity index is 0.00000226. The number of aryl methyl sites for hydroxylation is 1. The van der Waals surface area contributed by atoms with Gasteiger partial charge in [0, 0.05) is 24.9 Å². The lowest BCUT2D eigenvalue weighted by Gasteiger charge is -2.10. The summed E-state index contributed by atoms with van der Waals surface area (Å²) in [5.41, 5.74) is 3.58. The lowest BCUT2D eigenvalue weighted by molar-refractivity contribution is -0.274. The molecule has 0 fully saturated rings. The number of aliphatic hydroxyl groups excluding tert-OH is 1. The summed E-state index contributed by atoms with van der Waals surface area (Å²) >= 11 is 1.31. The Hall–Kier alpha value is -4.29. The number of alkyl halides is 3. The van der Waals surface area contributed by atoms with Gasteiger partial charge in [-0.2, -0.15) is 0 Å². The van der Waals surface area contributed by atoms with Crippen molar-refractivity contribution < 1.29 is 42.4 Å². The minimum atomic E-state index is -4.80. The van der Waals surface area contributed by atoms with Crippen LogP contribution in [0.25, 0.3) is 21.7 Å². The summed E-state index contributed by atoms with van der Waals surface area (Å²) in [5, 5.41) is 19.6. The molecule has 4 rings (SSSR count). The molecule has 0 unspecified atom stereocenters. The van der Waals surface area contributed by atoms with Crippen molar-refractivity contribution in [3.63, 3.8) is 0 Å². The topological polar surface area (TPSA) is 110 Å². The van der Waals surface area contributed by atoms with Crippen LogP contribution in [0.1, 0.15) is 17.5 Å². The Morgan fingerprint density at radius 1 is 0.976 bits per heavy atom. The molecule has 0 radical (unpaired) electrons. The fourth-order valence-electron chi connectivity index (χ4n) is 3.76. The monoisotopic (exact) mass is 590 g/mol. The summed E-state index contributed by atoms with van der Waals surface area (Å²) in [5.74, 6) is -0.424. The van der Waals surface area contributed by atoms with E-state index < -0.39 is 18.9 Å². The van der Waals surface area contributed by atoms with Crippen LogP contribution >= 0.6 is 11.3 Å². The summed E-state index contributed by atoms with van der Waals surface area (Å²) in [4.78, 5) is 16.2. The van der Waals surface area contributed by atoms with E-state index in [1.165, 1.54) is 29.5 Å². The lowest BCUT2D eigenvalue weighted by atomic mass is 10.1. The first-order valence-corrected chi connectivity index (χ1v) is 13.2. The molecule has 4 aromatic rings. The molecular formula is C29H29F3N2O6S. The van der Waals surface area contributed by atoms with Gasteiger partial charge in [-0.25, -0.2) is 9.78 Å². The molecule has 0 saturated carbocycles. The molecule has 0 spiro atoms. The van der Waals surface area contributed by atoms with Gasteiger partial charge < -0.3 is 29.7 Å². The van der Waals surface area contributed by atoms with Crippen molar-refractivity contribution in [2.75, 3.05) is 25.6 Å². The maximum absolute atomic E-state index is 12.8. The molecule has 1 heterocycles. The number of aliphatic hydroxyl groups is 1. The van der Waals surface area contributed by atoms with Crippen molar-refractivity contribution in [3.8, 4) is 38.9 Å². The molecule has 0 amide bonds. The van der Waals surface area contributed by atoms with Crippen LogP contribution in [0.4, 0.5) is 18.9 Å². The van der Waals surface area contributed by atoms with E-state index in [0.29, 0.717) is 38.2 Å². The minimum Gasteiger partial charge on any atom is -0.486 e. The van der Waals surface area contributed by atoms with Gasteiger partial charge in [0.25, 0.3) is 0 Å². The molecule has 218 valence electrons. The highest BCUT2D eigenvalue weighted by Crippen LogP contribution is 2.39. The number of aromatic nitrogens is 1. The number of benzene rings is 3. The Bertz CT molecular complexity index is 1440. The highest BCUT2D eigenvalue weighted by atomic mass is 32.1. The van der Waals surface area contributed by atoms with E-state index >= 15 is 0 Å². The first-order valence-electron chi connectivity index (χ1n) is 12.3.